The molecule has 1 aliphatic rings. The molecule has 2 atom stereocenters. The maximum Gasteiger partial charge on any atom is 0.270 e. The minimum atomic E-state index is -0.225. The van der Waals surface area contributed by atoms with Crippen LogP contribution in [0.5, 0.6) is 0 Å². The smallest absolute Gasteiger partial charge is 0.270 e. The van der Waals surface area contributed by atoms with Crippen molar-refractivity contribution in [2.45, 2.75) is 32.5 Å². The minimum Gasteiger partial charge on any atom is -0.350 e. The van der Waals surface area contributed by atoms with E-state index in [4.69, 9.17) is 11.6 Å². The Morgan fingerprint density at radius 3 is 2.62 bits per heavy atom. The predicted octanol–water partition coefficient (Wildman–Crippen LogP) is 5.46. The Morgan fingerprint density at radius 2 is 1.90 bits per heavy atom. The van der Waals surface area contributed by atoms with Crippen molar-refractivity contribution in [1.82, 2.24) is 14.8 Å². The molecular weight excluding hydrogens is 457 g/mol. The molecule has 2 heterocycles. The Bertz CT molecular complexity index is 1010. The van der Waals surface area contributed by atoms with E-state index in [1.54, 1.807) is 0 Å². The number of H-pyrrole nitrogens is 1. The summed E-state index contributed by atoms with van der Waals surface area (Å²) in [6.07, 6.45) is 0. The van der Waals surface area contributed by atoms with Crippen LogP contribution in [-0.2, 0) is 6.54 Å². The number of hydrogen-bond acceptors (Lipinski definition) is 2. The number of piperazine rings is 1. The van der Waals surface area contributed by atoms with E-state index in [0.29, 0.717) is 17.3 Å². The zero-order chi connectivity index (χ0) is 20.7. The monoisotopic (exact) mass is 477 g/mol. The standard InChI is InChI=1S/C22H22BrClFN3O/c1-13-11-28(14(2)10-27(13)12-15-3-5-17(25)6-4-15)22(29)21-8-16-7-19(24)18(23)9-20(16)26-21/h3-9,13-14,26H,10-12H2,1-2H3. The maximum atomic E-state index is 13.2. The van der Waals surface area contributed by atoms with E-state index in [0.717, 1.165) is 34.0 Å². The Balaban J connectivity index is 1.49. The molecule has 0 spiro atoms. The molecule has 1 aliphatic heterocycles. The number of amides is 1. The van der Waals surface area contributed by atoms with Gasteiger partial charge in [0.2, 0.25) is 0 Å². The van der Waals surface area contributed by atoms with Gasteiger partial charge in [0.05, 0.1) is 5.02 Å². The molecule has 1 amide bonds. The van der Waals surface area contributed by atoms with Crippen LogP contribution in [0, 0.1) is 5.82 Å². The molecule has 0 bridgehead atoms. The molecule has 1 fully saturated rings. The second-order valence-electron chi connectivity index (χ2n) is 7.75. The summed E-state index contributed by atoms with van der Waals surface area (Å²) in [6, 6.07) is 12.5. The summed E-state index contributed by atoms with van der Waals surface area (Å²) in [5.41, 5.74) is 2.52. The highest BCUT2D eigenvalue weighted by atomic mass is 79.9. The van der Waals surface area contributed by atoms with Crippen LogP contribution in [0.2, 0.25) is 5.02 Å². The molecule has 0 saturated carbocycles. The summed E-state index contributed by atoms with van der Waals surface area (Å²) in [5, 5.41) is 1.53. The van der Waals surface area contributed by atoms with E-state index in [2.05, 4.69) is 39.7 Å². The van der Waals surface area contributed by atoms with Gasteiger partial charge in [-0.1, -0.05) is 23.7 Å². The SMILES string of the molecule is CC1CN(C(=O)c2cc3cc(Cl)c(Br)cc3[nH]2)C(C)CN1Cc1ccc(F)cc1. The number of rotatable bonds is 3. The van der Waals surface area contributed by atoms with Gasteiger partial charge < -0.3 is 9.88 Å². The van der Waals surface area contributed by atoms with E-state index < -0.39 is 0 Å². The van der Waals surface area contributed by atoms with E-state index in [9.17, 15) is 9.18 Å². The largest absolute Gasteiger partial charge is 0.350 e. The van der Waals surface area contributed by atoms with E-state index >= 15 is 0 Å². The lowest BCUT2D eigenvalue weighted by Crippen LogP contribution is -2.57. The number of benzene rings is 2. The third kappa shape index (κ3) is 4.20. The van der Waals surface area contributed by atoms with Crippen LogP contribution >= 0.6 is 27.5 Å². The number of carbonyl (C=O) groups is 1. The molecule has 152 valence electrons. The summed E-state index contributed by atoms with van der Waals surface area (Å²) >= 11 is 9.60. The van der Waals surface area contributed by atoms with Crippen molar-refractivity contribution in [3.05, 3.63) is 69.0 Å². The van der Waals surface area contributed by atoms with Crippen LogP contribution in [-0.4, -0.2) is 45.9 Å². The molecular formula is C22H22BrClFN3O. The van der Waals surface area contributed by atoms with Gasteiger partial charge in [0, 0.05) is 47.1 Å². The fourth-order valence-corrected chi connectivity index (χ4v) is 4.44. The molecule has 2 unspecified atom stereocenters. The molecule has 1 N–H and O–H groups in total. The minimum absolute atomic E-state index is 0.00535. The molecule has 0 aliphatic carbocycles. The zero-order valence-electron chi connectivity index (χ0n) is 16.3. The first-order valence-electron chi connectivity index (χ1n) is 9.59. The fourth-order valence-electron chi connectivity index (χ4n) is 3.92. The van der Waals surface area contributed by atoms with E-state index in [1.165, 1.54) is 12.1 Å². The molecule has 0 radical (unpaired) electrons. The number of aromatic amines is 1. The Kier molecular flexibility index (Phi) is 5.69. The summed E-state index contributed by atoms with van der Waals surface area (Å²) in [7, 11) is 0. The van der Waals surface area contributed by atoms with Crippen LogP contribution < -0.4 is 0 Å². The summed E-state index contributed by atoms with van der Waals surface area (Å²) in [5.74, 6) is -0.230. The van der Waals surface area contributed by atoms with Crippen LogP contribution in [0.1, 0.15) is 29.9 Å². The lowest BCUT2D eigenvalue weighted by atomic mass is 10.1. The highest BCUT2D eigenvalue weighted by molar-refractivity contribution is 9.10. The third-order valence-corrected chi connectivity index (χ3v) is 6.76. The zero-order valence-corrected chi connectivity index (χ0v) is 18.6. The first-order chi connectivity index (χ1) is 13.8. The molecule has 2 aromatic carbocycles. The number of hydrogen-bond donors (Lipinski definition) is 1. The highest BCUT2D eigenvalue weighted by Gasteiger charge is 2.33. The number of nitrogens with zero attached hydrogens (tertiary/aromatic N) is 2. The molecule has 1 saturated heterocycles. The van der Waals surface area contributed by atoms with Gasteiger partial charge in [0.25, 0.3) is 5.91 Å². The normalized spacial score (nSPS) is 20.4. The first-order valence-corrected chi connectivity index (χ1v) is 10.8. The lowest BCUT2D eigenvalue weighted by molar-refractivity contribution is 0.0287. The number of fused-ring (bicyclic) bond motifs is 1. The Morgan fingerprint density at radius 1 is 1.17 bits per heavy atom. The molecule has 4 nitrogen and oxygen atoms in total. The Labute approximate surface area is 182 Å². The second kappa shape index (κ2) is 8.09. The maximum absolute atomic E-state index is 13.2. The molecule has 1 aromatic heterocycles. The van der Waals surface area contributed by atoms with Crippen LogP contribution in [0.25, 0.3) is 10.9 Å². The molecule has 4 rings (SSSR count). The van der Waals surface area contributed by atoms with Gasteiger partial charge in [-0.2, -0.15) is 0 Å². The fraction of sp³-hybridized carbons (Fsp3) is 0.318. The van der Waals surface area contributed by atoms with Gasteiger partial charge in [-0.05, 0) is 65.7 Å². The highest BCUT2D eigenvalue weighted by Crippen LogP contribution is 2.29. The second-order valence-corrected chi connectivity index (χ2v) is 9.01. The number of nitrogens with one attached hydrogen (secondary N) is 1. The number of aromatic nitrogens is 1. The van der Waals surface area contributed by atoms with Crippen molar-refractivity contribution >= 4 is 44.3 Å². The van der Waals surface area contributed by atoms with E-state index in [-0.39, 0.29) is 23.8 Å². The molecule has 7 heteroatoms. The Hall–Kier alpha value is -1.89. The lowest BCUT2D eigenvalue weighted by Gasteiger charge is -2.44. The van der Waals surface area contributed by atoms with Crippen molar-refractivity contribution in [3.63, 3.8) is 0 Å². The van der Waals surface area contributed by atoms with Crippen LogP contribution in [0.15, 0.2) is 46.9 Å². The van der Waals surface area contributed by atoms with Crippen molar-refractivity contribution < 1.29 is 9.18 Å². The van der Waals surface area contributed by atoms with Crippen molar-refractivity contribution in [2.24, 2.45) is 0 Å². The van der Waals surface area contributed by atoms with Crippen molar-refractivity contribution in [2.75, 3.05) is 13.1 Å². The number of carbonyl (C=O) groups excluding carboxylic acids is 1. The molecule has 3 aromatic rings. The van der Waals surface area contributed by atoms with Crippen LogP contribution in [0.3, 0.4) is 0 Å². The predicted molar refractivity (Wildman–Crippen MR) is 118 cm³/mol. The average Bonchev–Trinajstić information content (AvgIpc) is 3.08. The van der Waals surface area contributed by atoms with Gasteiger partial charge in [0.15, 0.2) is 0 Å². The summed E-state index contributed by atoms with van der Waals surface area (Å²) < 4.78 is 14.0. The van der Waals surface area contributed by atoms with Crippen molar-refractivity contribution in [3.8, 4) is 0 Å². The first kappa shape index (κ1) is 20.4. The van der Waals surface area contributed by atoms with Crippen LogP contribution in [0.4, 0.5) is 4.39 Å². The topological polar surface area (TPSA) is 39.3 Å². The quantitative estimate of drug-likeness (QED) is 0.543. The molecule has 29 heavy (non-hydrogen) atoms. The van der Waals surface area contributed by atoms with Crippen molar-refractivity contribution in [1.29, 1.82) is 0 Å². The number of halogens is 3. The van der Waals surface area contributed by atoms with Gasteiger partial charge >= 0.3 is 0 Å². The van der Waals surface area contributed by atoms with Gasteiger partial charge in [0.1, 0.15) is 11.5 Å². The summed E-state index contributed by atoms with van der Waals surface area (Å²) in [6.45, 7) is 6.34. The van der Waals surface area contributed by atoms with E-state index in [1.807, 2.05) is 35.2 Å². The summed E-state index contributed by atoms with van der Waals surface area (Å²) in [4.78, 5) is 20.7. The average molecular weight is 479 g/mol. The van der Waals surface area contributed by atoms with Gasteiger partial charge in [-0.15, -0.1) is 0 Å². The third-order valence-electron chi connectivity index (χ3n) is 5.57. The van der Waals surface area contributed by atoms with Gasteiger partial charge in [-0.25, -0.2) is 4.39 Å². The van der Waals surface area contributed by atoms with Gasteiger partial charge in [-0.3, -0.25) is 9.69 Å².